The number of sulfonamides is 1. The van der Waals surface area contributed by atoms with Crippen LogP contribution >= 0.6 is 11.6 Å². The quantitative estimate of drug-likeness (QED) is 0.350. The summed E-state index contributed by atoms with van der Waals surface area (Å²) in [4.78, 5) is 18.3. The molecule has 2 aromatic carbocycles. The second-order valence-corrected chi connectivity index (χ2v) is 8.87. The fourth-order valence-electron chi connectivity index (χ4n) is 2.80. The lowest BCUT2D eigenvalue weighted by molar-refractivity contribution is -0.115. The summed E-state index contributed by atoms with van der Waals surface area (Å²) < 4.78 is 29.4. The van der Waals surface area contributed by atoms with Crippen molar-refractivity contribution in [3.63, 3.8) is 0 Å². The van der Waals surface area contributed by atoms with Crippen LogP contribution in [0, 0.1) is 12.3 Å². The molecule has 9 heteroatoms. The van der Waals surface area contributed by atoms with Gasteiger partial charge in [0, 0.05) is 30.2 Å². The maximum atomic E-state index is 12.9. The molecule has 0 bridgehead atoms. The summed E-state index contributed by atoms with van der Waals surface area (Å²) in [6.07, 6.45) is 6.63. The van der Waals surface area contributed by atoms with E-state index in [1.807, 2.05) is 0 Å². The average Bonchev–Trinajstić information content (AvgIpc) is 2.73. The molecule has 3 aromatic rings. The molecule has 0 aliphatic heterocycles. The molecule has 0 saturated carbocycles. The molecule has 1 aromatic heterocycles. The van der Waals surface area contributed by atoms with E-state index in [4.69, 9.17) is 18.0 Å². The van der Waals surface area contributed by atoms with Crippen LogP contribution in [-0.2, 0) is 21.2 Å². The summed E-state index contributed by atoms with van der Waals surface area (Å²) in [7, 11) is -0.750. The molecule has 0 spiro atoms. The van der Waals surface area contributed by atoms with E-state index in [0.29, 0.717) is 27.2 Å². The third-order valence-corrected chi connectivity index (χ3v) is 5.84. The Morgan fingerprint density at radius 2 is 2.00 bits per heavy atom. The van der Waals surface area contributed by atoms with Gasteiger partial charge in [0.15, 0.2) is 0 Å². The van der Waals surface area contributed by atoms with E-state index >= 15 is 0 Å². The molecule has 7 nitrogen and oxygen atoms in total. The first-order valence-electron chi connectivity index (χ1n) is 9.11. The predicted molar refractivity (Wildman–Crippen MR) is 123 cm³/mol. The molecular formula is C22H19ClN4O3S. The van der Waals surface area contributed by atoms with Gasteiger partial charge in [0.05, 0.1) is 11.9 Å². The fraction of sp³-hybridized carbons (Fsp3) is 0.136. The second-order valence-electron chi connectivity index (χ2n) is 6.86. The number of halogens is 1. The molecule has 1 heterocycles. The molecule has 0 unspecified atom stereocenters. The van der Waals surface area contributed by atoms with Crippen molar-refractivity contribution in [2.75, 3.05) is 19.4 Å². The zero-order chi connectivity index (χ0) is 22.6. The Labute approximate surface area is 185 Å². The van der Waals surface area contributed by atoms with Crippen LogP contribution in [0.15, 0.2) is 57.8 Å². The van der Waals surface area contributed by atoms with Crippen molar-refractivity contribution in [1.29, 1.82) is 0 Å². The van der Waals surface area contributed by atoms with E-state index in [9.17, 15) is 13.2 Å². The van der Waals surface area contributed by atoms with Crippen molar-refractivity contribution in [3.8, 4) is 12.3 Å². The fourth-order valence-corrected chi connectivity index (χ4v) is 4.16. The molecule has 0 radical (unpaired) electrons. The second kappa shape index (κ2) is 9.16. The molecule has 0 atom stereocenters. The highest BCUT2D eigenvalue weighted by atomic mass is 35.5. The van der Waals surface area contributed by atoms with E-state index in [1.54, 1.807) is 56.6 Å². The smallest absolute Gasteiger partial charge is 0.284 e. The maximum absolute atomic E-state index is 12.9. The Kier molecular flexibility index (Phi) is 6.59. The Morgan fingerprint density at radius 3 is 2.68 bits per heavy atom. The van der Waals surface area contributed by atoms with Crippen molar-refractivity contribution >= 4 is 50.5 Å². The van der Waals surface area contributed by atoms with E-state index in [-0.39, 0.29) is 22.9 Å². The van der Waals surface area contributed by atoms with Crippen LogP contribution in [0.4, 0.5) is 5.69 Å². The van der Waals surface area contributed by atoms with Gasteiger partial charge >= 0.3 is 0 Å². The van der Waals surface area contributed by atoms with Gasteiger partial charge in [-0.25, -0.2) is 4.98 Å². The van der Waals surface area contributed by atoms with Crippen LogP contribution in [0.3, 0.4) is 0 Å². The number of benzene rings is 2. The number of carbonyl (C=O) groups is 1. The number of anilines is 1. The summed E-state index contributed by atoms with van der Waals surface area (Å²) in [6.45, 7) is 0. The largest absolute Gasteiger partial charge is 0.368 e. The van der Waals surface area contributed by atoms with Gasteiger partial charge in [-0.3, -0.25) is 4.79 Å². The number of nitrogens with one attached hydrogen (secondary N) is 1. The third kappa shape index (κ3) is 5.40. The van der Waals surface area contributed by atoms with Gasteiger partial charge in [0.1, 0.15) is 16.9 Å². The number of amides is 1. The van der Waals surface area contributed by atoms with Gasteiger partial charge < -0.3 is 10.2 Å². The zero-order valence-corrected chi connectivity index (χ0v) is 18.4. The monoisotopic (exact) mass is 454 g/mol. The Balaban J connectivity index is 2.04. The van der Waals surface area contributed by atoms with Gasteiger partial charge in [0.2, 0.25) is 5.91 Å². The average molecular weight is 455 g/mol. The minimum atomic E-state index is -4.06. The first-order chi connectivity index (χ1) is 14.7. The van der Waals surface area contributed by atoms with Crippen LogP contribution in [0.1, 0.15) is 11.3 Å². The minimum absolute atomic E-state index is 0.0242. The molecule has 158 valence electrons. The number of pyridine rings is 1. The van der Waals surface area contributed by atoms with Crippen LogP contribution in [0.5, 0.6) is 0 Å². The molecular weight excluding hydrogens is 436 g/mol. The summed E-state index contributed by atoms with van der Waals surface area (Å²) in [6, 6.07) is 13.0. The highest BCUT2D eigenvalue weighted by Crippen LogP contribution is 2.28. The van der Waals surface area contributed by atoms with Crippen molar-refractivity contribution in [3.05, 3.63) is 64.8 Å². The Hall–Kier alpha value is -3.41. The van der Waals surface area contributed by atoms with E-state index in [0.717, 1.165) is 0 Å². The number of hydrogen-bond donors (Lipinski definition) is 1. The van der Waals surface area contributed by atoms with Crippen molar-refractivity contribution in [2.45, 2.75) is 11.3 Å². The SMILES string of the molecule is C#Cc1ccc2c(S(=O)(=O)/N=C/N(C)C)cc(NC(=O)Cc3ccccc3Cl)cc2n1. The van der Waals surface area contributed by atoms with Gasteiger partial charge in [-0.1, -0.05) is 35.7 Å². The minimum Gasteiger partial charge on any atom is -0.368 e. The normalized spacial score (nSPS) is 11.4. The van der Waals surface area contributed by atoms with Crippen molar-refractivity contribution < 1.29 is 13.2 Å². The third-order valence-electron chi connectivity index (χ3n) is 4.20. The van der Waals surface area contributed by atoms with Crippen LogP contribution < -0.4 is 5.32 Å². The summed E-state index contributed by atoms with van der Waals surface area (Å²) >= 11 is 6.12. The lowest BCUT2D eigenvalue weighted by atomic mass is 10.1. The van der Waals surface area contributed by atoms with Crippen LogP contribution in [-0.4, -0.2) is 44.6 Å². The Morgan fingerprint density at radius 1 is 1.26 bits per heavy atom. The highest BCUT2D eigenvalue weighted by Gasteiger charge is 2.19. The van der Waals surface area contributed by atoms with Crippen molar-refractivity contribution in [1.82, 2.24) is 9.88 Å². The van der Waals surface area contributed by atoms with E-state index in [1.165, 1.54) is 17.3 Å². The molecule has 31 heavy (non-hydrogen) atoms. The van der Waals surface area contributed by atoms with Gasteiger partial charge in [-0.15, -0.1) is 10.8 Å². The summed E-state index contributed by atoms with van der Waals surface area (Å²) in [5.41, 5.74) is 1.57. The standard InChI is InChI=1S/C22H19ClN4O3S/c1-4-16-9-10-18-20(25-16)12-17(13-21(18)31(29,30)24-14-27(2)3)26-22(28)11-15-7-5-6-8-19(15)23/h1,5-10,12-14H,11H2,2-3H3,(H,26,28)/b24-14+. The number of rotatable bonds is 6. The number of hydrogen-bond acceptors (Lipinski definition) is 4. The summed E-state index contributed by atoms with van der Waals surface area (Å²) in [5, 5.41) is 3.53. The summed E-state index contributed by atoms with van der Waals surface area (Å²) in [5.74, 6) is 2.06. The molecule has 0 saturated heterocycles. The lowest BCUT2D eigenvalue weighted by Crippen LogP contribution is -2.15. The zero-order valence-electron chi connectivity index (χ0n) is 16.8. The topological polar surface area (TPSA) is 91.7 Å². The van der Waals surface area contributed by atoms with Crippen molar-refractivity contribution in [2.24, 2.45) is 4.40 Å². The van der Waals surface area contributed by atoms with E-state index in [2.05, 4.69) is 20.6 Å². The van der Waals surface area contributed by atoms with E-state index < -0.39 is 10.0 Å². The molecule has 1 amide bonds. The van der Waals surface area contributed by atoms with Crippen LogP contribution in [0.25, 0.3) is 10.9 Å². The van der Waals surface area contributed by atoms with Gasteiger partial charge in [-0.05, 0) is 35.9 Å². The lowest BCUT2D eigenvalue weighted by Gasteiger charge is -2.11. The number of carbonyl (C=O) groups excluding carboxylic acids is 1. The number of aromatic nitrogens is 1. The highest BCUT2D eigenvalue weighted by molar-refractivity contribution is 7.90. The molecule has 0 aliphatic rings. The predicted octanol–water partition coefficient (Wildman–Crippen LogP) is 3.33. The number of fused-ring (bicyclic) bond motifs is 1. The molecule has 1 N–H and O–H groups in total. The number of terminal acetylenes is 1. The maximum Gasteiger partial charge on any atom is 0.284 e. The molecule has 0 fully saturated rings. The Bertz CT molecular complexity index is 1330. The first-order valence-corrected chi connectivity index (χ1v) is 10.9. The molecule has 0 aliphatic carbocycles. The van der Waals surface area contributed by atoms with Gasteiger partial charge in [0.25, 0.3) is 10.0 Å². The molecule has 3 rings (SSSR count). The van der Waals surface area contributed by atoms with Crippen LogP contribution in [0.2, 0.25) is 5.02 Å². The first kappa shape index (κ1) is 22.3. The number of nitrogens with zero attached hydrogens (tertiary/aromatic N) is 3. The van der Waals surface area contributed by atoms with Gasteiger partial charge in [-0.2, -0.15) is 8.42 Å².